The van der Waals surface area contributed by atoms with Crippen molar-refractivity contribution in [2.45, 2.75) is 51.6 Å². The third-order valence-corrected chi connectivity index (χ3v) is 6.65. The zero-order valence-electron chi connectivity index (χ0n) is 18.7. The van der Waals surface area contributed by atoms with Gasteiger partial charge in [0, 0.05) is 58.6 Å². The minimum absolute atomic E-state index is 0.0835. The van der Waals surface area contributed by atoms with Gasteiger partial charge in [-0.3, -0.25) is 14.5 Å². The number of nitrogens with zero attached hydrogens (tertiary/aromatic N) is 5. The highest BCUT2D eigenvalue weighted by atomic mass is 16.5. The lowest BCUT2D eigenvalue weighted by atomic mass is 9.99. The molecule has 1 aromatic rings. The van der Waals surface area contributed by atoms with E-state index in [0.29, 0.717) is 45.8 Å². The van der Waals surface area contributed by atoms with Gasteiger partial charge in [-0.15, -0.1) is 0 Å². The van der Waals surface area contributed by atoms with Crippen LogP contribution in [-0.4, -0.2) is 89.5 Å². The first-order valence-corrected chi connectivity index (χ1v) is 11.5. The number of carbonyl (C=O) groups is 2. The van der Waals surface area contributed by atoms with E-state index in [1.54, 1.807) is 6.92 Å². The third kappa shape index (κ3) is 4.98. The molecule has 0 aromatic carbocycles. The molecule has 2 fully saturated rings. The lowest BCUT2D eigenvalue weighted by Crippen LogP contribution is -2.43. The van der Waals surface area contributed by atoms with E-state index in [1.807, 2.05) is 16.8 Å². The van der Waals surface area contributed by atoms with Gasteiger partial charge in [0.2, 0.25) is 11.8 Å². The molecule has 0 spiro atoms. The number of ether oxygens (including phenoxy) is 1. The van der Waals surface area contributed by atoms with E-state index in [4.69, 9.17) is 14.7 Å². The fourth-order valence-corrected chi connectivity index (χ4v) is 4.82. The van der Waals surface area contributed by atoms with Crippen LogP contribution in [0.5, 0.6) is 0 Å². The van der Waals surface area contributed by atoms with Gasteiger partial charge in [-0.25, -0.2) is 9.97 Å². The zero-order chi connectivity index (χ0) is 21.8. The average molecular weight is 431 g/mol. The molecule has 0 radical (unpaired) electrons. The van der Waals surface area contributed by atoms with Gasteiger partial charge >= 0.3 is 0 Å². The molecule has 4 heterocycles. The topological polar surface area (TPSA) is 90.9 Å². The average Bonchev–Trinajstić information content (AvgIpc) is 2.82. The summed E-state index contributed by atoms with van der Waals surface area (Å²) in [4.78, 5) is 40.4. The van der Waals surface area contributed by atoms with E-state index in [1.165, 1.54) is 0 Å². The standard InChI is InChI=1S/C22H34N6O3/c1-16(29)28-9-6-18-17(15-28)21(23-2)25-22(24-18)19-5-3-4-8-26(19)10-7-20(30)27-11-13-31-14-12-27/h19H,3-15H2,1-2H3,(H,23,24,25). The van der Waals surface area contributed by atoms with Crippen molar-refractivity contribution in [1.29, 1.82) is 0 Å². The van der Waals surface area contributed by atoms with Crippen molar-refractivity contribution in [2.24, 2.45) is 0 Å². The number of hydrogen-bond acceptors (Lipinski definition) is 7. The van der Waals surface area contributed by atoms with Gasteiger partial charge in [-0.1, -0.05) is 6.42 Å². The molecule has 170 valence electrons. The number of amides is 2. The highest BCUT2D eigenvalue weighted by molar-refractivity contribution is 5.76. The second-order valence-corrected chi connectivity index (χ2v) is 8.59. The monoisotopic (exact) mass is 430 g/mol. The van der Waals surface area contributed by atoms with Crippen LogP contribution in [0.4, 0.5) is 5.82 Å². The maximum absolute atomic E-state index is 12.6. The summed E-state index contributed by atoms with van der Waals surface area (Å²) in [6, 6.07) is 0.134. The van der Waals surface area contributed by atoms with Crippen molar-refractivity contribution in [3.05, 3.63) is 17.1 Å². The summed E-state index contributed by atoms with van der Waals surface area (Å²) in [5.74, 6) is 1.96. The quantitative estimate of drug-likeness (QED) is 0.751. The molecule has 1 N–H and O–H groups in total. The van der Waals surface area contributed by atoms with Crippen LogP contribution in [0.1, 0.15) is 55.7 Å². The lowest BCUT2D eigenvalue weighted by molar-refractivity contribution is -0.135. The molecule has 1 atom stereocenters. The number of carbonyl (C=O) groups excluding carboxylic acids is 2. The molecule has 0 aliphatic carbocycles. The first kappa shape index (κ1) is 22.0. The highest BCUT2D eigenvalue weighted by Crippen LogP contribution is 2.32. The number of hydrogen-bond donors (Lipinski definition) is 1. The smallest absolute Gasteiger partial charge is 0.224 e. The second-order valence-electron chi connectivity index (χ2n) is 8.59. The van der Waals surface area contributed by atoms with Crippen LogP contribution in [-0.2, 0) is 27.3 Å². The Bertz CT molecular complexity index is 793. The van der Waals surface area contributed by atoms with Gasteiger partial charge in [-0.2, -0.15) is 0 Å². The second kappa shape index (κ2) is 9.91. The van der Waals surface area contributed by atoms with Crippen LogP contribution >= 0.6 is 0 Å². The predicted octanol–water partition coefficient (Wildman–Crippen LogP) is 1.20. The molecular formula is C22H34N6O3. The van der Waals surface area contributed by atoms with Crippen LogP contribution < -0.4 is 5.32 Å². The summed E-state index contributed by atoms with van der Waals surface area (Å²) in [6.07, 6.45) is 4.56. The summed E-state index contributed by atoms with van der Waals surface area (Å²) >= 11 is 0. The van der Waals surface area contributed by atoms with E-state index in [2.05, 4.69) is 10.2 Å². The number of piperidine rings is 1. The Kier molecular flexibility index (Phi) is 7.02. The maximum Gasteiger partial charge on any atom is 0.224 e. The molecule has 1 unspecified atom stereocenters. The highest BCUT2D eigenvalue weighted by Gasteiger charge is 2.30. The minimum atomic E-state index is 0.0835. The molecule has 9 heteroatoms. The summed E-state index contributed by atoms with van der Waals surface area (Å²) in [5, 5.41) is 3.22. The van der Waals surface area contributed by atoms with Gasteiger partial charge in [0.05, 0.1) is 31.5 Å². The molecule has 0 saturated carbocycles. The predicted molar refractivity (Wildman–Crippen MR) is 117 cm³/mol. The number of aromatic nitrogens is 2. The molecule has 9 nitrogen and oxygen atoms in total. The van der Waals surface area contributed by atoms with Crippen LogP contribution in [0.2, 0.25) is 0 Å². The van der Waals surface area contributed by atoms with E-state index in [0.717, 1.165) is 61.7 Å². The molecule has 2 amide bonds. The number of anilines is 1. The SMILES string of the molecule is CNc1nc(C2CCCCN2CCC(=O)N2CCOCC2)nc2c1CN(C(C)=O)CC2. The maximum atomic E-state index is 12.6. The van der Waals surface area contributed by atoms with Crippen molar-refractivity contribution >= 4 is 17.6 Å². The fourth-order valence-electron chi connectivity index (χ4n) is 4.82. The van der Waals surface area contributed by atoms with Crippen LogP contribution in [0, 0.1) is 0 Å². The molecule has 0 bridgehead atoms. The Morgan fingerprint density at radius 2 is 1.90 bits per heavy atom. The summed E-state index contributed by atoms with van der Waals surface area (Å²) in [7, 11) is 1.87. The van der Waals surface area contributed by atoms with Crippen molar-refractivity contribution in [2.75, 3.05) is 58.3 Å². The van der Waals surface area contributed by atoms with Crippen LogP contribution in [0.3, 0.4) is 0 Å². The summed E-state index contributed by atoms with van der Waals surface area (Å²) in [6.45, 7) is 7.22. The molecule has 2 saturated heterocycles. The molecular weight excluding hydrogens is 396 g/mol. The number of fused-ring (bicyclic) bond motifs is 1. The Hall–Kier alpha value is -2.26. The van der Waals surface area contributed by atoms with Crippen LogP contribution in [0.15, 0.2) is 0 Å². The van der Waals surface area contributed by atoms with Gasteiger partial charge in [0.25, 0.3) is 0 Å². The normalized spacial score (nSPS) is 22.2. The van der Waals surface area contributed by atoms with E-state index >= 15 is 0 Å². The summed E-state index contributed by atoms with van der Waals surface area (Å²) < 4.78 is 5.36. The van der Waals surface area contributed by atoms with Gasteiger partial charge in [-0.05, 0) is 19.4 Å². The van der Waals surface area contributed by atoms with Crippen molar-refractivity contribution < 1.29 is 14.3 Å². The fraction of sp³-hybridized carbons (Fsp3) is 0.727. The molecule has 3 aliphatic rings. The number of nitrogens with one attached hydrogen (secondary N) is 1. The van der Waals surface area contributed by atoms with E-state index in [-0.39, 0.29) is 17.9 Å². The molecule has 3 aliphatic heterocycles. The first-order chi connectivity index (χ1) is 15.1. The Balaban J connectivity index is 1.48. The Morgan fingerprint density at radius 1 is 1.10 bits per heavy atom. The largest absolute Gasteiger partial charge is 0.378 e. The number of rotatable bonds is 5. The molecule has 31 heavy (non-hydrogen) atoms. The Labute approximate surface area is 184 Å². The van der Waals surface area contributed by atoms with Gasteiger partial charge < -0.3 is 19.9 Å². The van der Waals surface area contributed by atoms with E-state index in [9.17, 15) is 9.59 Å². The third-order valence-electron chi connectivity index (χ3n) is 6.65. The van der Waals surface area contributed by atoms with Crippen molar-refractivity contribution in [3.63, 3.8) is 0 Å². The number of morpholine rings is 1. The van der Waals surface area contributed by atoms with Crippen molar-refractivity contribution in [3.8, 4) is 0 Å². The van der Waals surface area contributed by atoms with E-state index < -0.39 is 0 Å². The van der Waals surface area contributed by atoms with Crippen LogP contribution in [0.25, 0.3) is 0 Å². The molecule has 4 rings (SSSR count). The molecule has 1 aromatic heterocycles. The zero-order valence-corrected chi connectivity index (χ0v) is 18.7. The van der Waals surface area contributed by atoms with Gasteiger partial charge in [0.15, 0.2) is 0 Å². The van der Waals surface area contributed by atoms with Crippen molar-refractivity contribution in [1.82, 2.24) is 24.7 Å². The summed E-state index contributed by atoms with van der Waals surface area (Å²) in [5.41, 5.74) is 2.07. The first-order valence-electron chi connectivity index (χ1n) is 11.5. The van der Waals surface area contributed by atoms with Gasteiger partial charge in [0.1, 0.15) is 11.6 Å². The minimum Gasteiger partial charge on any atom is -0.378 e. The lowest BCUT2D eigenvalue weighted by Gasteiger charge is -2.36. The Morgan fingerprint density at radius 3 is 2.65 bits per heavy atom. The number of likely N-dealkylation sites (tertiary alicyclic amines) is 1.